The zero-order valence-corrected chi connectivity index (χ0v) is 20.7. The number of ether oxygens (including phenoxy) is 1. The molecule has 0 aromatic carbocycles. The third kappa shape index (κ3) is 28.7. The fourth-order valence-electron chi connectivity index (χ4n) is 2.76. The van der Waals surface area contributed by atoms with Gasteiger partial charge in [0.25, 0.3) is 0 Å². The summed E-state index contributed by atoms with van der Waals surface area (Å²) in [4.78, 5) is 33.0. The van der Waals surface area contributed by atoms with Gasteiger partial charge in [0.15, 0.2) is 5.78 Å². The molecule has 1 aliphatic rings. The van der Waals surface area contributed by atoms with E-state index in [2.05, 4.69) is 19.1 Å². The van der Waals surface area contributed by atoms with Gasteiger partial charge in [0.1, 0.15) is 6.10 Å². The van der Waals surface area contributed by atoms with Crippen LogP contribution in [0.25, 0.3) is 0 Å². The van der Waals surface area contributed by atoms with E-state index in [0.29, 0.717) is 12.4 Å². The van der Waals surface area contributed by atoms with Gasteiger partial charge in [-0.15, -0.1) is 0 Å². The molecule has 28 heavy (non-hydrogen) atoms. The largest absolute Gasteiger partial charge is 1.00 e. The van der Waals surface area contributed by atoms with Crippen LogP contribution in [-0.2, 0) is 14.1 Å². The van der Waals surface area contributed by atoms with Gasteiger partial charge in [-0.05, 0) is 32.1 Å². The number of ketones is 1. The zero-order chi connectivity index (χ0) is 20.4. The monoisotopic (exact) mass is 430 g/mol. The van der Waals surface area contributed by atoms with Gasteiger partial charge in [-0.25, -0.2) is 4.57 Å². The maximum absolute atomic E-state index is 11.4. The van der Waals surface area contributed by atoms with Crippen LogP contribution < -0.4 is 29.6 Å². The summed E-state index contributed by atoms with van der Waals surface area (Å²) in [6.45, 7) is 2.94. The van der Waals surface area contributed by atoms with Crippen LogP contribution in [0.15, 0.2) is 12.2 Å². The van der Waals surface area contributed by atoms with E-state index in [1.807, 2.05) is 0 Å². The van der Waals surface area contributed by atoms with E-state index in [1.54, 1.807) is 0 Å². The normalized spacial score (nSPS) is 15.6. The number of hydrogen-bond acceptors (Lipinski definition) is 3. The smallest absolute Gasteiger partial charge is 1.00 e. The minimum absolute atomic E-state index is 0. The third-order valence-electron chi connectivity index (χ3n) is 4.38. The molecule has 1 fully saturated rings. The van der Waals surface area contributed by atoms with Crippen molar-refractivity contribution < 1.29 is 59.8 Å². The minimum Gasteiger partial charge on any atom is -1.00 e. The molecule has 0 amide bonds. The number of hydrogen-bond donors (Lipinski definition) is 3. The molecule has 1 saturated heterocycles. The first kappa shape index (κ1) is 30.7. The van der Waals surface area contributed by atoms with Crippen molar-refractivity contribution in [2.45, 2.75) is 103 Å². The molecule has 0 spiro atoms. The van der Waals surface area contributed by atoms with Crippen LogP contribution in [0, 0.1) is 0 Å². The summed E-state index contributed by atoms with van der Waals surface area (Å²) in [5.74, 6) is 0.317. The van der Waals surface area contributed by atoms with Crippen LogP contribution in [-0.4, -0.2) is 33.2 Å². The van der Waals surface area contributed by atoms with Gasteiger partial charge in [-0.2, -0.15) is 0 Å². The van der Waals surface area contributed by atoms with Crippen LogP contribution >= 0.6 is 7.82 Å². The SMILES string of the molecule is CCCCCCCCC=CCCCCCCCC(=O)C1CO1.O=P(O)(O)O.[H-].[Na+]. The number of unbranched alkanes of at least 4 members (excludes halogenated alkanes) is 11. The van der Waals surface area contributed by atoms with Gasteiger partial charge in [0.2, 0.25) is 0 Å². The van der Waals surface area contributed by atoms with E-state index in [-0.39, 0.29) is 37.1 Å². The number of carbonyl (C=O) groups is 1. The fourth-order valence-corrected chi connectivity index (χ4v) is 2.76. The molecule has 6 nitrogen and oxygen atoms in total. The Bertz CT molecular complexity index is 432. The molecule has 1 unspecified atom stereocenters. The number of allylic oxidation sites excluding steroid dienone is 2. The average molecular weight is 430 g/mol. The molecule has 162 valence electrons. The summed E-state index contributed by atoms with van der Waals surface area (Å²) >= 11 is 0. The van der Waals surface area contributed by atoms with Gasteiger partial charge in [-0.3, -0.25) is 4.79 Å². The topological polar surface area (TPSA) is 107 Å². The zero-order valence-electron chi connectivity index (χ0n) is 18.9. The number of Topliss-reactive ketones (excluding diaryl/α,β-unsaturated/α-hetero) is 1. The van der Waals surface area contributed by atoms with Gasteiger partial charge in [0.05, 0.1) is 6.61 Å². The average Bonchev–Trinajstić information content (AvgIpc) is 3.42. The standard InChI is InChI=1S/C20H36O2.Na.H3O4P.H/c1-2-3-4-5-6-7-8-9-10-11-12-13-14-15-16-17-19(21)20-18-22-20;;1-5(2,3)4;/h9-10,20H,2-8,11-18H2,1H3;;(H3,1,2,3,4);/q;+1;;-1. The summed E-state index contributed by atoms with van der Waals surface area (Å²) in [5.41, 5.74) is 0. The Morgan fingerprint density at radius 3 is 1.75 bits per heavy atom. The van der Waals surface area contributed by atoms with Crippen molar-refractivity contribution in [3.63, 3.8) is 0 Å². The van der Waals surface area contributed by atoms with E-state index in [0.717, 1.165) is 12.8 Å². The summed E-state index contributed by atoms with van der Waals surface area (Å²) < 4.78 is 13.9. The maximum atomic E-state index is 11.4. The molecule has 0 bridgehead atoms. The van der Waals surface area contributed by atoms with Gasteiger partial charge >= 0.3 is 37.4 Å². The quantitative estimate of drug-likeness (QED) is 0.114. The molecule has 0 aliphatic carbocycles. The molecule has 1 rings (SSSR count). The first-order valence-corrected chi connectivity index (χ1v) is 12.0. The molecule has 1 aliphatic heterocycles. The maximum Gasteiger partial charge on any atom is 1.00 e. The number of phosphoric acid groups is 1. The number of rotatable bonds is 16. The number of epoxide rings is 1. The molecular weight excluding hydrogens is 390 g/mol. The minimum atomic E-state index is -4.64. The summed E-state index contributed by atoms with van der Waals surface area (Å²) in [7, 11) is -4.64. The summed E-state index contributed by atoms with van der Waals surface area (Å²) in [6, 6.07) is 0. The Hall–Kier alpha value is 0.480. The molecule has 0 aromatic rings. The van der Waals surface area contributed by atoms with E-state index in [1.165, 1.54) is 77.0 Å². The van der Waals surface area contributed by atoms with Crippen LogP contribution in [0.5, 0.6) is 0 Å². The fraction of sp³-hybridized carbons (Fsp3) is 0.850. The van der Waals surface area contributed by atoms with E-state index >= 15 is 0 Å². The predicted octanol–water partition coefficient (Wildman–Crippen LogP) is 2.18. The van der Waals surface area contributed by atoms with Gasteiger partial charge in [-0.1, -0.05) is 70.4 Å². The Balaban J connectivity index is -0.000000860. The van der Waals surface area contributed by atoms with E-state index in [4.69, 9.17) is 24.0 Å². The molecule has 0 aromatic heterocycles. The molecule has 8 heteroatoms. The number of carbonyl (C=O) groups excluding carboxylic acids is 1. The molecule has 0 saturated carbocycles. The van der Waals surface area contributed by atoms with E-state index in [9.17, 15) is 4.79 Å². The molecule has 1 heterocycles. The van der Waals surface area contributed by atoms with Crippen molar-refractivity contribution in [3.05, 3.63) is 12.2 Å². The van der Waals surface area contributed by atoms with Crippen LogP contribution in [0.4, 0.5) is 0 Å². The molecule has 1 atom stereocenters. The van der Waals surface area contributed by atoms with Gasteiger partial charge < -0.3 is 20.8 Å². The summed E-state index contributed by atoms with van der Waals surface area (Å²) in [5, 5.41) is 0. The van der Waals surface area contributed by atoms with Crippen LogP contribution in [0.1, 0.15) is 98.2 Å². The van der Waals surface area contributed by atoms with Crippen molar-refractivity contribution in [1.82, 2.24) is 0 Å². The van der Waals surface area contributed by atoms with Crippen molar-refractivity contribution in [3.8, 4) is 0 Å². The first-order valence-electron chi connectivity index (χ1n) is 10.4. The van der Waals surface area contributed by atoms with Crippen LogP contribution in [0.3, 0.4) is 0 Å². The molecule has 3 N–H and O–H groups in total. The second kappa shape index (κ2) is 20.7. The predicted molar refractivity (Wildman–Crippen MR) is 110 cm³/mol. The Morgan fingerprint density at radius 1 is 0.929 bits per heavy atom. The van der Waals surface area contributed by atoms with Crippen molar-refractivity contribution in [2.24, 2.45) is 0 Å². The van der Waals surface area contributed by atoms with Gasteiger partial charge in [0, 0.05) is 6.42 Å². The molecule has 0 radical (unpaired) electrons. The van der Waals surface area contributed by atoms with Crippen molar-refractivity contribution in [1.29, 1.82) is 0 Å². The van der Waals surface area contributed by atoms with Crippen LogP contribution in [0.2, 0.25) is 0 Å². The van der Waals surface area contributed by atoms with Crippen molar-refractivity contribution in [2.75, 3.05) is 6.61 Å². The first-order chi connectivity index (χ1) is 12.8. The second-order valence-electron chi connectivity index (χ2n) is 7.14. The second-order valence-corrected chi connectivity index (χ2v) is 8.16. The molecular formula is C20H40NaO6P. The summed E-state index contributed by atoms with van der Waals surface area (Å²) in [6.07, 6.45) is 22.3. The Labute approximate surface area is 194 Å². The Morgan fingerprint density at radius 2 is 1.32 bits per heavy atom. The van der Waals surface area contributed by atoms with E-state index < -0.39 is 7.82 Å². The third-order valence-corrected chi connectivity index (χ3v) is 4.38. The van der Waals surface area contributed by atoms with Crippen molar-refractivity contribution >= 4 is 13.6 Å². The Kier molecular flexibility index (Phi) is 22.7.